The number of para-hydroxylation sites is 1. The maximum Gasteiger partial charge on any atom is 0.256 e. The van der Waals surface area contributed by atoms with Crippen LogP contribution in [-0.2, 0) is 9.59 Å². The lowest BCUT2D eigenvalue weighted by Crippen LogP contribution is -2.34. The zero-order chi connectivity index (χ0) is 15.7. The third kappa shape index (κ3) is 2.80. The van der Waals surface area contributed by atoms with Gasteiger partial charge in [0.05, 0.1) is 22.8 Å². The molecular formula is C16H12Cl2N2O2. The summed E-state index contributed by atoms with van der Waals surface area (Å²) in [7, 11) is 0. The minimum Gasteiger partial charge on any atom is -0.372 e. The molecule has 6 heteroatoms. The molecule has 22 heavy (non-hydrogen) atoms. The second kappa shape index (κ2) is 5.99. The van der Waals surface area contributed by atoms with Crippen molar-refractivity contribution in [1.82, 2.24) is 0 Å². The SMILES string of the molecule is O=C1CC(Nc2ccccc2Cl)C(=O)N1c1cccc(Cl)c1. The van der Waals surface area contributed by atoms with Crippen LogP contribution in [0, 0.1) is 0 Å². The number of halogens is 2. The molecule has 1 N–H and O–H groups in total. The molecule has 0 spiro atoms. The van der Waals surface area contributed by atoms with Crippen LogP contribution in [-0.4, -0.2) is 17.9 Å². The van der Waals surface area contributed by atoms with Gasteiger partial charge >= 0.3 is 0 Å². The van der Waals surface area contributed by atoms with Crippen molar-refractivity contribution in [3.8, 4) is 0 Å². The molecule has 4 nitrogen and oxygen atoms in total. The zero-order valence-electron chi connectivity index (χ0n) is 11.4. The minimum atomic E-state index is -0.633. The van der Waals surface area contributed by atoms with Crippen molar-refractivity contribution in [2.45, 2.75) is 12.5 Å². The Morgan fingerprint density at radius 3 is 2.55 bits per heavy atom. The van der Waals surface area contributed by atoms with Gasteiger partial charge in [-0.15, -0.1) is 0 Å². The zero-order valence-corrected chi connectivity index (χ0v) is 12.9. The number of carbonyl (C=O) groups is 2. The number of nitrogens with zero attached hydrogens (tertiary/aromatic N) is 1. The molecule has 3 rings (SSSR count). The van der Waals surface area contributed by atoms with Gasteiger partial charge in [-0.3, -0.25) is 9.59 Å². The maximum absolute atomic E-state index is 12.5. The summed E-state index contributed by atoms with van der Waals surface area (Å²) in [6.07, 6.45) is 0.0799. The fraction of sp³-hybridized carbons (Fsp3) is 0.125. The molecule has 2 aromatic rings. The quantitative estimate of drug-likeness (QED) is 0.870. The summed E-state index contributed by atoms with van der Waals surface area (Å²) in [5.74, 6) is -0.580. The van der Waals surface area contributed by atoms with Gasteiger partial charge in [0.1, 0.15) is 6.04 Å². The van der Waals surface area contributed by atoms with Gasteiger partial charge in [0, 0.05) is 5.02 Å². The molecule has 2 aromatic carbocycles. The van der Waals surface area contributed by atoms with Gasteiger partial charge in [-0.05, 0) is 30.3 Å². The number of benzene rings is 2. The smallest absolute Gasteiger partial charge is 0.256 e. The number of nitrogens with one attached hydrogen (secondary N) is 1. The number of hydrogen-bond donors (Lipinski definition) is 1. The maximum atomic E-state index is 12.5. The lowest BCUT2D eigenvalue weighted by molar-refractivity contribution is -0.121. The number of carbonyl (C=O) groups excluding carboxylic acids is 2. The first-order valence-corrected chi connectivity index (χ1v) is 7.45. The van der Waals surface area contributed by atoms with E-state index in [1.165, 1.54) is 0 Å². The highest BCUT2D eigenvalue weighted by Crippen LogP contribution is 2.28. The van der Waals surface area contributed by atoms with Crippen molar-refractivity contribution in [1.29, 1.82) is 0 Å². The summed E-state index contributed by atoms with van der Waals surface area (Å²) in [5, 5.41) is 4.00. The number of imide groups is 1. The number of anilines is 2. The Morgan fingerprint density at radius 1 is 1.05 bits per heavy atom. The molecule has 1 heterocycles. The van der Waals surface area contributed by atoms with Crippen LogP contribution < -0.4 is 10.2 Å². The highest BCUT2D eigenvalue weighted by atomic mass is 35.5. The monoisotopic (exact) mass is 334 g/mol. The summed E-state index contributed by atoms with van der Waals surface area (Å²) in [5.41, 5.74) is 1.11. The van der Waals surface area contributed by atoms with Crippen LogP contribution >= 0.6 is 23.2 Å². The number of rotatable bonds is 3. The van der Waals surface area contributed by atoms with Crippen LogP contribution in [0.25, 0.3) is 0 Å². The summed E-state index contributed by atoms with van der Waals surface area (Å²) in [6, 6.07) is 13.1. The van der Waals surface area contributed by atoms with E-state index in [-0.39, 0.29) is 18.2 Å². The Kier molecular flexibility index (Phi) is 4.05. The summed E-state index contributed by atoms with van der Waals surface area (Å²) >= 11 is 12.0. The molecule has 1 atom stereocenters. The van der Waals surface area contributed by atoms with Crippen molar-refractivity contribution in [2.24, 2.45) is 0 Å². The van der Waals surface area contributed by atoms with Crippen LogP contribution in [0.3, 0.4) is 0 Å². The third-order valence-electron chi connectivity index (χ3n) is 3.42. The molecule has 1 fully saturated rings. The van der Waals surface area contributed by atoms with Crippen molar-refractivity contribution < 1.29 is 9.59 Å². The highest BCUT2D eigenvalue weighted by Gasteiger charge is 2.39. The number of hydrogen-bond acceptors (Lipinski definition) is 3. The van der Waals surface area contributed by atoms with E-state index in [1.54, 1.807) is 42.5 Å². The first-order chi connectivity index (χ1) is 10.6. The largest absolute Gasteiger partial charge is 0.372 e. The lowest BCUT2D eigenvalue weighted by atomic mass is 10.2. The van der Waals surface area contributed by atoms with Crippen molar-refractivity contribution in [3.05, 3.63) is 58.6 Å². The number of amides is 2. The first kappa shape index (κ1) is 14.9. The third-order valence-corrected chi connectivity index (χ3v) is 3.98. The van der Waals surface area contributed by atoms with Crippen molar-refractivity contribution in [2.75, 3.05) is 10.2 Å². The van der Waals surface area contributed by atoms with Crippen molar-refractivity contribution in [3.63, 3.8) is 0 Å². The molecule has 112 valence electrons. The second-order valence-corrected chi connectivity index (χ2v) is 5.77. The van der Waals surface area contributed by atoms with E-state index in [9.17, 15) is 9.59 Å². The van der Waals surface area contributed by atoms with Crippen molar-refractivity contribution >= 4 is 46.4 Å². The van der Waals surface area contributed by atoms with Gasteiger partial charge in [0.2, 0.25) is 5.91 Å². The Bertz CT molecular complexity index is 748. The van der Waals surface area contributed by atoms with E-state index in [4.69, 9.17) is 23.2 Å². The average molecular weight is 335 g/mol. The molecule has 0 bridgehead atoms. The molecule has 0 saturated carbocycles. The van der Waals surface area contributed by atoms with E-state index in [2.05, 4.69) is 5.32 Å². The summed E-state index contributed by atoms with van der Waals surface area (Å²) < 4.78 is 0. The first-order valence-electron chi connectivity index (χ1n) is 6.69. The predicted octanol–water partition coefficient (Wildman–Crippen LogP) is 3.74. The fourth-order valence-electron chi connectivity index (χ4n) is 2.40. The van der Waals surface area contributed by atoms with E-state index in [0.717, 1.165) is 4.90 Å². The standard InChI is InChI=1S/C16H12Cl2N2O2/c17-10-4-3-5-11(8-10)20-15(21)9-14(16(20)22)19-13-7-2-1-6-12(13)18/h1-8,14,19H,9H2. The highest BCUT2D eigenvalue weighted by molar-refractivity contribution is 6.33. The van der Waals surface area contributed by atoms with Crippen LogP contribution in [0.1, 0.15) is 6.42 Å². The van der Waals surface area contributed by atoms with Gasteiger partial charge in [-0.25, -0.2) is 4.90 Å². The average Bonchev–Trinajstić information content (AvgIpc) is 2.76. The fourth-order valence-corrected chi connectivity index (χ4v) is 2.77. The summed E-state index contributed by atoms with van der Waals surface area (Å²) in [4.78, 5) is 25.8. The molecule has 0 radical (unpaired) electrons. The topological polar surface area (TPSA) is 49.4 Å². The molecule has 0 aromatic heterocycles. The predicted molar refractivity (Wildman–Crippen MR) is 87.4 cm³/mol. The van der Waals surface area contributed by atoms with E-state index < -0.39 is 6.04 Å². The molecule has 1 unspecified atom stereocenters. The molecule has 2 amide bonds. The molecule has 1 saturated heterocycles. The van der Waals surface area contributed by atoms with Gasteiger partial charge in [-0.1, -0.05) is 41.4 Å². The van der Waals surface area contributed by atoms with E-state index in [0.29, 0.717) is 21.4 Å². The molecule has 1 aliphatic heterocycles. The lowest BCUT2D eigenvalue weighted by Gasteiger charge is -2.16. The van der Waals surface area contributed by atoms with Gasteiger partial charge in [-0.2, -0.15) is 0 Å². The Labute approximate surface area is 137 Å². The normalized spacial score (nSPS) is 17.9. The Morgan fingerprint density at radius 2 is 1.82 bits per heavy atom. The minimum absolute atomic E-state index is 0.0799. The van der Waals surface area contributed by atoms with Crippen LogP contribution in [0.5, 0.6) is 0 Å². The van der Waals surface area contributed by atoms with Crippen LogP contribution in [0.2, 0.25) is 10.0 Å². The molecule has 1 aliphatic rings. The second-order valence-electron chi connectivity index (χ2n) is 4.93. The van der Waals surface area contributed by atoms with Gasteiger partial charge in [0.15, 0.2) is 0 Å². The van der Waals surface area contributed by atoms with Gasteiger partial charge < -0.3 is 5.32 Å². The van der Waals surface area contributed by atoms with E-state index in [1.807, 2.05) is 6.07 Å². The Hall–Kier alpha value is -2.04. The Balaban J connectivity index is 1.84. The molecule has 0 aliphatic carbocycles. The summed E-state index contributed by atoms with van der Waals surface area (Å²) in [6.45, 7) is 0. The van der Waals surface area contributed by atoms with E-state index >= 15 is 0 Å². The molecular weight excluding hydrogens is 323 g/mol. The van der Waals surface area contributed by atoms with Crippen LogP contribution in [0.4, 0.5) is 11.4 Å². The van der Waals surface area contributed by atoms with Crippen LogP contribution in [0.15, 0.2) is 48.5 Å². The van der Waals surface area contributed by atoms with Gasteiger partial charge in [0.25, 0.3) is 5.91 Å².